The molecule has 23 heavy (non-hydrogen) atoms. The molecule has 0 amide bonds. The summed E-state index contributed by atoms with van der Waals surface area (Å²) in [5, 5.41) is 4.57. The van der Waals surface area contributed by atoms with Gasteiger partial charge in [0.2, 0.25) is 0 Å². The molecular formula is C17H24N4O2. The summed E-state index contributed by atoms with van der Waals surface area (Å²) in [6.45, 7) is 1.92. The summed E-state index contributed by atoms with van der Waals surface area (Å²) in [6, 6.07) is 7.97. The second-order valence-electron chi connectivity index (χ2n) is 6.08. The molecule has 0 radical (unpaired) electrons. The van der Waals surface area contributed by atoms with Gasteiger partial charge in [-0.25, -0.2) is 9.67 Å². The summed E-state index contributed by atoms with van der Waals surface area (Å²) >= 11 is 0. The molecule has 1 aromatic heterocycles. The Kier molecular flexibility index (Phi) is 4.63. The fourth-order valence-corrected chi connectivity index (χ4v) is 3.27. The molecule has 124 valence electrons. The van der Waals surface area contributed by atoms with Gasteiger partial charge in [0.25, 0.3) is 0 Å². The Labute approximate surface area is 136 Å². The van der Waals surface area contributed by atoms with Crippen LogP contribution in [0.4, 0.5) is 0 Å². The number of nitrogens with two attached hydrogens (primary N) is 1. The molecule has 1 fully saturated rings. The standard InChI is InChI=1S/C17H24N4O2/c1-11-19-17(12-4-9-15(18)16(10-12)23-3)21(20-11)13-5-7-14(22-2)8-6-13/h5-8,12,15-16H,4,9-10,18H2,1-3H3/t12-,15+,16+/m0/s1. The molecule has 0 spiro atoms. The molecule has 0 saturated heterocycles. The van der Waals surface area contributed by atoms with Gasteiger partial charge in [0.15, 0.2) is 0 Å². The van der Waals surface area contributed by atoms with Crippen molar-refractivity contribution >= 4 is 0 Å². The van der Waals surface area contributed by atoms with Crippen molar-refractivity contribution in [2.45, 2.75) is 44.2 Å². The molecule has 3 atom stereocenters. The maximum Gasteiger partial charge on any atom is 0.148 e. The molecule has 1 aliphatic rings. The Hall–Kier alpha value is -1.92. The molecule has 2 aromatic rings. The Bertz CT molecular complexity index is 653. The summed E-state index contributed by atoms with van der Waals surface area (Å²) < 4.78 is 12.7. The Balaban J connectivity index is 1.91. The average Bonchev–Trinajstić information content (AvgIpc) is 2.97. The summed E-state index contributed by atoms with van der Waals surface area (Å²) in [6.07, 6.45) is 2.91. The highest BCUT2D eigenvalue weighted by Gasteiger charge is 2.32. The molecule has 6 nitrogen and oxygen atoms in total. The van der Waals surface area contributed by atoms with Gasteiger partial charge in [0, 0.05) is 19.1 Å². The highest BCUT2D eigenvalue weighted by atomic mass is 16.5. The first-order valence-corrected chi connectivity index (χ1v) is 7.98. The molecule has 6 heteroatoms. The zero-order valence-electron chi connectivity index (χ0n) is 13.9. The monoisotopic (exact) mass is 316 g/mol. The van der Waals surface area contributed by atoms with Crippen LogP contribution in [0.1, 0.15) is 36.8 Å². The number of aromatic nitrogens is 3. The fourth-order valence-electron chi connectivity index (χ4n) is 3.27. The SMILES string of the molecule is COc1ccc(-n2nc(C)nc2[C@H]2CC[C@@H](N)[C@H](OC)C2)cc1. The molecule has 0 aliphatic heterocycles. The minimum absolute atomic E-state index is 0.0788. The van der Waals surface area contributed by atoms with Gasteiger partial charge in [0.05, 0.1) is 18.9 Å². The smallest absolute Gasteiger partial charge is 0.148 e. The molecule has 3 rings (SSSR count). The zero-order valence-corrected chi connectivity index (χ0v) is 13.9. The maximum absolute atomic E-state index is 6.13. The van der Waals surface area contributed by atoms with Gasteiger partial charge in [0.1, 0.15) is 17.4 Å². The predicted molar refractivity (Wildman–Crippen MR) is 88.0 cm³/mol. The summed E-state index contributed by atoms with van der Waals surface area (Å²) in [5.41, 5.74) is 7.13. The lowest BCUT2D eigenvalue weighted by Crippen LogP contribution is -2.41. The van der Waals surface area contributed by atoms with E-state index in [1.165, 1.54) is 0 Å². The van der Waals surface area contributed by atoms with Gasteiger partial charge >= 0.3 is 0 Å². The highest BCUT2D eigenvalue weighted by Crippen LogP contribution is 2.33. The van der Waals surface area contributed by atoms with Crippen LogP contribution in [0.25, 0.3) is 5.69 Å². The average molecular weight is 316 g/mol. The van der Waals surface area contributed by atoms with Crippen molar-refractivity contribution in [3.8, 4) is 11.4 Å². The third-order valence-electron chi connectivity index (χ3n) is 4.57. The third-order valence-corrected chi connectivity index (χ3v) is 4.57. The van der Waals surface area contributed by atoms with E-state index < -0.39 is 0 Å². The van der Waals surface area contributed by atoms with Crippen LogP contribution in [0, 0.1) is 6.92 Å². The van der Waals surface area contributed by atoms with Crippen LogP contribution >= 0.6 is 0 Å². The predicted octanol–water partition coefficient (Wildman–Crippen LogP) is 2.19. The molecule has 1 aromatic carbocycles. The van der Waals surface area contributed by atoms with Crippen molar-refractivity contribution in [3.63, 3.8) is 0 Å². The Morgan fingerprint density at radius 3 is 2.57 bits per heavy atom. The van der Waals surface area contributed by atoms with E-state index in [0.717, 1.165) is 42.3 Å². The van der Waals surface area contributed by atoms with Gasteiger partial charge < -0.3 is 15.2 Å². The van der Waals surface area contributed by atoms with Crippen molar-refractivity contribution in [2.24, 2.45) is 5.73 Å². The Morgan fingerprint density at radius 2 is 1.91 bits per heavy atom. The zero-order chi connectivity index (χ0) is 16.4. The number of rotatable bonds is 4. The first-order chi connectivity index (χ1) is 11.1. The minimum atomic E-state index is 0.0788. The van der Waals surface area contributed by atoms with E-state index in [1.54, 1.807) is 14.2 Å². The topological polar surface area (TPSA) is 75.2 Å². The fraction of sp³-hybridized carbons (Fsp3) is 0.529. The van der Waals surface area contributed by atoms with Gasteiger partial charge in [-0.3, -0.25) is 0 Å². The maximum atomic E-state index is 6.13. The largest absolute Gasteiger partial charge is 0.497 e. The van der Waals surface area contributed by atoms with E-state index >= 15 is 0 Å². The van der Waals surface area contributed by atoms with Gasteiger partial charge in [-0.05, 0) is 50.5 Å². The van der Waals surface area contributed by atoms with Crippen LogP contribution in [0.5, 0.6) is 5.75 Å². The van der Waals surface area contributed by atoms with Crippen LogP contribution in [-0.2, 0) is 4.74 Å². The number of ether oxygens (including phenoxy) is 2. The van der Waals surface area contributed by atoms with Gasteiger partial charge in [-0.2, -0.15) is 5.10 Å². The second kappa shape index (κ2) is 6.68. The first-order valence-electron chi connectivity index (χ1n) is 7.98. The highest BCUT2D eigenvalue weighted by molar-refractivity contribution is 5.37. The van der Waals surface area contributed by atoms with Gasteiger partial charge in [-0.1, -0.05) is 0 Å². The van der Waals surface area contributed by atoms with Crippen molar-refractivity contribution in [2.75, 3.05) is 14.2 Å². The summed E-state index contributed by atoms with van der Waals surface area (Å²) in [5.74, 6) is 2.90. The lowest BCUT2D eigenvalue weighted by atomic mass is 9.83. The first kappa shape index (κ1) is 16.0. The van der Waals surface area contributed by atoms with E-state index in [1.807, 2.05) is 35.9 Å². The number of benzene rings is 1. The van der Waals surface area contributed by atoms with Crippen LogP contribution < -0.4 is 10.5 Å². The summed E-state index contributed by atoms with van der Waals surface area (Å²) in [4.78, 5) is 4.67. The minimum Gasteiger partial charge on any atom is -0.497 e. The lowest BCUT2D eigenvalue weighted by Gasteiger charge is -2.32. The number of hydrogen-bond donors (Lipinski definition) is 1. The van der Waals surface area contributed by atoms with Crippen molar-refractivity contribution in [3.05, 3.63) is 35.9 Å². The van der Waals surface area contributed by atoms with E-state index in [9.17, 15) is 0 Å². The normalized spacial score (nSPS) is 24.6. The quantitative estimate of drug-likeness (QED) is 0.936. The van der Waals surface area contributed by atoms with Crippen LogP contribution in [0.15, 0.2) is 24.3 Å². The molecule has 0 bridgehead atoms. The summed E-state index contributed by atoms with van der Waals surface area (Å²) in [7, 11) is 3.39. The number of methoxy groups -OCH3 is 2. The van der Waals surface area contributed by atoms with Crippen LogP contribution in [-0.4, -0.2) is 41.1 Å². The number of nitrogens with zero attached hydrogens (tertiary/aromatic N) is 3. The van der Waals surface area contributed by atoms with E-state index in [4.69, 9.17) is 15.2 Å². The number of aryl methyl sites for hydroxylation is 1. The van der Waals surface area contributed by atoms with Gasteiger partial charge in [-0.15, -0.1) is 0 Å². The van der Waals surface area contributed by atoms with E-state index in [-0.39, 0.29) is 12.1 Å². The van der Waals surface area contributed by atoms with Crippen molar-refractivity contribution in [1.82, 2.24) is 14.8 Å². The molecule has 2 N–H and O–H groups in total. The van der Waals surface area contributed by atoms with Crippen molar-refractivity contribution < 1.29 is 9.47 Å². The van der Waals surface area contributed by atoms with Crippen molar-refractivity contribution in [1.29, 1.82) is 0 Å². The molecule has 1 heterocycles. The third kappa shape index (κ3) is 3.23. The molecule has 0 unspecified atom stereocenters. The molecule has 1 aliphatic carbocycles. The second-order valence-corrected chi connectivity index (χ2v) is 6.08. The molecular weight excluding hydrogens is 292 g/mol. The van der Waals surface area contributed by atoms with E-state index in [2.05, 4.69) is 10.1 Å². The molecule has 1 saturated carbocycles. The van der Waals surface area contributed by atoms with Crippen LogP contribution in [0.3, 0.4) is 0 Å². The van der Waals surface area contributed by atoms with Crippen LogP contribution in [0.2, 0.25) is 0 Å². The Morgan fingerprint density at radius 1 is 1.17 bits per heavy atom. The number of hydrogen-bond acceptors (Lipinski definition) is 5. The van der Waals surface area contributed by atoms with E-state index in [0.29, 0.717) is 5.92 Å². The lowest BCUT2D eigenvalue weighted by molar-refractivity contribution is 0.0459.